The summed E-state index contributed by atoms with van der Waals surface area (Å²) in [5.41, 5.74) is 5.65. The van der Waals surface area contributed by atoms with Crippen molar-refractivity contribution in [3.63, 3.8) is 0 Å². The first-order valence-electron chi connectivity index (χ1n) is 7.36. The molecule has 134 valence electrons. The molecular weight excluding hydrogens is 388 g/mol. The minimum Gasteiger partial charge on any atom is -0.375 e. The van der Waals surface area contributed by atoms with Crippen molar-refractivity contribution in [3.05, 3.63) is 26.9 Å². The summed E-state index contributed by atoms with van der Waals surface area (Å²) in [4.78, 5) is 9.76. The molecule has 2 N–H and O–H groups in total. The van der Waals surface area contributed by atoms with Crippen LogP contribution in [0.25, 0.3) is 0 Å². The molecule has 0 amide bonds. The number of halogens is 1. The second-order valence-corrected chi connectivity index (χ2v) is 10.1. The van der Waals surface area contributed by atoms with E-state index in [1.165, 1.54) is 22.7 Å². The lowest BCUT2D eigenvalue weighted by molar-refractivity contribution is 0.183. The van der Waals surface area contributed by atoms with Gasteiger partial charge in [-0.2, -0.15) is 4.31 Å². The highest BCUT2D eigenvalue weighted by atomic mass is 35.5. The maximum Gasteiger partial charge on any atom is 0.244 e. The van der Waals surface area contributed by atoms with Crippen LogP contribution in [0.2, 0.25) is 0 Å². The number of thiophene rings is 1. The lowest BCUT2D eigenvalue weighted by atomic mass is 10.3. The third-order valence-electron chi connectivity index (χ3n) is 3.90. The van der Waals surface area contributed by atoms with Crippen molar-refractivity contribution in [2.75, 3.05) is 31.9 Å². The number of aromatic nitrogens is 1. The fourth-order valence-electron chi connectivity index (χ4n) is 2.75. The molecule has 0 saturated carbocycles. The molecule has 1 fully saturated rings. The summed E-state index contributed by atoms with van der Waals surface area (Å²) >= 11 is 3.01. The number of nitrogens with two attached hydrogens (primary N) is 1. The Hall–Kier alpha value is -0.710. The summed E-state index contributed by atoms with van der Waals surface area (Å²) in [5, 5.41) is 0.574. The Morgan fingerprint density at radius 2 is 1.88 bits per heavy atom. The molecule has 1 aliphatic heterocycles. The molecule has 3 heterocycles. The van der Waals surface area contributed by atoms with Crippen LogP contribution in [0, 0.1) is 13.8 Å². The van der Waals surface area contributed by atoms with Crippen LogP contribution in [-0.4, -0.2) is 48.8 Å². The van der Waals surface area contributed by atoms with Crippen molar-refractivity contribution in [2.24, 2.45) is 0 Å². The van der Waals surface area contributed by atoms with Crippen LogP contribution >= 0.6 is 35.1 Å². The van der Waals surface area contributed by atoms with Crippen LogP contribution in [0.3, 0.4) is 0 Å². The Balaban J connectivity index is 0.00000208. The number of rotatable bonds is 4. The summed E-state index contributed by atoms with van der Waals surface area (Å²) in [6.45, 7) is 7.07. The molecule has 0 radical (unpaired) electrons. The van der Waals surface area contributed by atoms with E-state index in [1.807, 2.05) is 13.8 Å². The van der Waals surface area contributed by atoms with E-state index in [4.69, 9.17) is 5.73 Å². The number of aryl methyl sites for hydroxylation is 2. The van der Waals surface area contributed by atoms with E-state index in [2.05, 4.69) is 9.88 Å². The van der Waals surface area contributed by atoms with Crippen molar-refractivity contribution in [3.8, 4) is 0 Å². The molecule has 2 aromatic rings. The summed E-state index contributed by atoms with van der Waals surface area (Å²) in [6.07, 6.45) is 1.79. The number of thiazole rings is 1. The number of sulfonamides is 1. The molecule has 0 unspecified atom stereocenters. The first kappa shape index (κ1) is 19.6. The van der Waals surface area contributed by atoms with Gasteiger partial charge in [0.15, 0.2) is 5.13 Å². The zero-order chi connectivity index (χ0) is 16.6. The molecule has 2 aromatic heterocycles. The highest BCUT2D eigenvalue weighted by Gasteiger charge is 2.30. The molecule has 0 atom stereocenters. The lowest BCUT2D eigenvalue weighted by Gasteiger charge is -2.33. The van der Waals surface area contributed by atoms with Crippen LogP contribution in [-0.2, 0) is 16.6 Å². The van der Waals surface area contributed by atoms with Crippen LogP contribution in [0.15, 0.2) is 17.2 Å². The quantitative estimate of drug-likeness (QED) is 0.839. The van der Waals surface area contributed by atoms with E-state index in [0.29, 0.717) is 23.1 Å². The number of anilines is 1. The zero-order valence-electron chi connectivity index (χ0n) is 13.6. The molecule has 24 heavy (non-hydrogen) atoms. The van der Waals surface area contributed by atoms with Crippen molar-refractivity contribution in [2.45, 2.75) is 25.3 Å². The van der Waals surface area contributed by atoms with E-state index in [1.54, 1.807) is 16.6 Å². The molecule has 3 rings (SSSR count). The van der Waals surface area contributed by atoms with Crippen LogP contribution in [0.4, 0.5) is 5.13 Å². The number of hydrogen-bond donors (Lipinski definition) is 1. The second-order valence-electron chi connectivity index (χ2n) is 5.62. The molecule has 1 aliphatic rings. The minimum atomic E-state index is -3.38. The van der Waals surface area contributed by atoms with Gasteiger partial charge in [0.2, 0.25) is 10.0 Å². The third-order valence-corrected chi connectivity index (χ3v) is 7.83. The van der Waals surface area contributed by atoms with E-state index in [-0.39, 0.29) is 12.4 Å². The van der Waals surface area contributed by atoms with Crippen molar-refractivity contribution in [1.82, 2.24) is 14.2 Å². The predicted octanol–water partition coefficient (Wildman–Crippen LogP) is 2.33. The van der Waals surface area contributed by atoms with Gasteiger partial charge in [-0.3, -0.25) is 4.90 Å². The minimum absolute atomic E-state index is 0. The number of nitrogen functional groups attached to an aromatic ring is 1. The molecule has 0 bridgehead atoms. The number of nitrogens with zero attached hydrogens (tertiary/aromatic N) is 3. The number of piperazine rings is 1. The van der Waals surface area contributed by atoms with E-state index in [9.17, 15) is 8.42 Å². The zero-order valence-corrected chi connectivity index (χ0v) is 16.8. The summed E-state index contributed by atoms with van der Waals surface area (Å²) in [7, 11) is -3.38. The van der Waals surface area contributed by atoms with Gasteiger partial charge >= 0.3 is 0 Å². The maximum atomic E-state index is 12.8. The molecular formula is C14H21ClN4O2S3. The predicted molar refractivity (Wildman–Crippen MR) is 102 cm³/mol. The molecule has 10 heteroatoms. The monoisotopic (exact) mass is 408 g/mol. The Kier molecular flexibility index (Phi) is 6.27. The molecule has 0 aromatic carbocycles. The fraction of sp³-hybridized carbons (Fsp3) is 0.500. The Labute approximate surface area is 156 Å². The van der Waals surface area contributed by atoms with Crippen molar-refractivity contribution >= 4 is 50.2 Å². The first-order chi connectivity index (χ1) is 10.9. The average Bonchev–Trinajstić information content (AvgIpc) is 3.05. The van der Waals surface area contributed by atoms with Gasteiger partial charge in [-0.05, 0) is 19.9 Å². The second kappa shape index (κ2) is 7.67. The molecule has 0 spiro atoms. The summed E-state index contributed by atoms with van der Waals surface area (Å²) in [5.74, 6) is 0. The molecule has 1 saturated heterocycles. The topological polar surface area (TPSA) is 79.5 Å². The van der Waals surface area contributed by atoms with Gasteiger partial charge in [-0.15, -0.1) is 35.1 Å². The van der Waals surface area contributed by atoms with E-state index in [0.717, 1.165) is 34.3 Å². The Morgan fingerprint density at radius 3 is 2.38 bits per heavy atom. The van der Waals surface area contributed by atoms with Crippen LogP contribution in [0.5, 0.6) is 0 Å². The summed E-state index contributed by atoms with van der Waals surface area (Å²) < 4.78 is 27.2. The lowest BCUT2D eigenvalue weighted by Crippen LogP contribution is -2.48. The highest BCUT2D eigenvalue weighted by molar-refractivity contribution is 7.89. The van der Waals surface area contributed by atoms with Gasteiger partial charge in [-0.25, -0.2) is 13.4 Å². The van der Waals surface area contributed by atoms with Crippen molar-refractivity contribution < 1.29 is 8.42 Å². The van der Waals surface area contributed by atoms with Gasteiger partial charge in [-0.1, -0.05) is 0 Å². The van der Waals surface area contributed by atoms with Gasteiger partial charge in [0, 0.05) is 53.6 Å². The molecule has 6 nitrogen and oxygen atoms in total. The van der Waals surface area contributed by atoms with Gasteiger partial charge in [0.05, 0.1) is 4.90 Å². The number of hydrogen-bond acceptors (Lipinski definition) is 7. The fourth-order valence-corrected chi connectivity index (χ4v) is 6.42. The first-order valence-corrected chi connectivity index (χ1v) is 10.4. The highest BCUT2D eigenvalue weighted by Crippen LogP contribution is 2.28. The SMILES string of the molecule is Cc1cc(S(=O)(=O)N2CCN(Cc3cnc(N)s3)CC2)c(C)s1.Cl. The normalized spacial score (nSPS) is 16.9. The van der Waals surface area contributed by atoms with Gasteiger partial charge in [0.1, 0.15) is 0 Å². The van der Waals surface area contributed by atoms with Crippen molar-refractivity contribution in [1.29, 1.82) is 0 Å². The van der Waals surface area contributed by atoms with Gasteiger partial charge in [0.25, 0.3) is 0 Å². The van der Waals surface area contributed by atoms with Crippen LogP contribution < -0.4 is 5.73 Å². The maximum absolute atomic E-state index is 12.8. The smallest absolute Gasteiger partial charge is 0.244 e. The Bertz CT molecular complexity index is 795. The molecule has 0 aliphatic carbocycles. The standard InChI is InChI=1S/C14H20N4O2S3.ClH/c1-10-7-13(11(2)21-10)23(19,20)18-5-3-17(4-6-18)9-12-8-16-14(15)22-12;/h7-8H,3-6,9H2,1-2H3,(H2,15,16);1H. The Morgan fingerprint density at radius 1 is 1.21 bits per heavy atom. The van der Waals surface area contributed by atoms with E-state index < -0.39 is 10.0 Å². The average molecular weight is 409 g/mol. The van der Waals surface area contributed by atoms with Crippen LogP contribution in [0.1, 0.15) is 14.6 Å². The third kappa shape index (κ3) is 4.09. The summed E-state index contributed by atoms with van der Waals surface area (Å²) in [6, 6.07) is 1.78. The largest absolute Gasteiger partial charge is 0.375 e. The van der Waals surface area contributed by atoms with Gasteiger partial charge < -0.3 is 5.73 Å². The van der Waals surface area contributed by atoms with E-state index >= 15 is 0 Å².